The first-order chi connectivity index (χ1) is 12.0. The molecule has 128 valence electrons. The Kier molecular flexibility index (Phi) is 5.05. The van der Waals surface area contributed by atoms with Crippen molar-refractivity contribution >= 4 is 39.2 Å². The molecular weight excluding hydrogens is 362 g/mol. The van der Waals surface area contributed by atoms with Crippen molar-refractivity contribution in [3.63, 3.8) is 0 Å². The number of nitrogens with one attached hydrogen (secondary N) is 1. The largest absolute Gasteiger partial charge is 0.407 e. The zero-order chi connectivity index (χ0) is 17.7. The number of amides is 1. The first kappa shape index (κ1) is 17.1. The van der Waals surface area contributed by atoms with E-state index in [1.807, 2.05) is 17.5 Å². The third kappa shape index (κ3) is 4.61. The van der Waals surface area contributed by atoms with Gasteiger partial charge in [0, 0.05) is 11.0 Å². The summed E-state index contributed by atoms with van der Waals surface area (Å²) in [5.41, 5.74) is 0. The quantitative estimate of drug-likeness (QED) is 0.665. The lowest BCUT2D eigenvalue weighted by atomic mass is 10.4. The zero-order valence-electron chi connectivity index (χ0n) is 12.8. The molecule has 1 amide bonds. The van der Waals surface area contributed by atoms with Gasteiger partial charge in [0.05, 0.1) is 4.90 Å². The van der Waals surface area contributed by atoms with Gasteiger partial charge in [-0.3, -0.25) is 10.1 Å². The van der Waals surface area contributed by atoms with Crippen molar-refractivity contribution in [2.75, 3.05) is 5.32 Å². The smallest absolute Gasteiger partial charge is 0.322 e. The van der Waals surface area contributed by atoms with Gasteiger partial charge in [-0.2, -0.15) is 0 Å². The molecule has 7 nitrogen and oxygen atoms in total. The third-order valence-electron chi connectivity index (χ3n) is 3.05. The van der Waals surface area contributed by atoms with E-state index in [9.17, 15) is 13.2 Å². The molecule has 0 radical (unpaired) electrons. The van der Waals surface area contributed by atoms with Gasteiger partial charge in [0.2, 0.25) is 5.89 Å². The number of nitrogens with zero attached hydrogens (tertiary/aromatic N) is 2. The van der Waals surface area contributed by atoms with Crippen molar-refractivity contribution in [2.45, 2.75) is 10.6 Å². The van der Waals surface area contributed by atoms with E-state index in [-0.39, 0.29) is 16.8 Å². The Morgan fingerprint density at radius 3 is 2.68 bits per heavy atom. The highest BCUT2D eigenvalue weighted by Gasteiger charge is 2.19. The van der Waals surface area contributed by atoms with E-state index < -0.39 is 21.5 Å². The van der Waals surface area contributed by atoms with Crippen LogP contribution in [-0.4, -0.2) is 24.5 Å². The lowest BCUT2D eigenvalue weighted by Gasteiger charge is -2.00. The number of sulfone groups is 1. The fourth-order valence-corrected chi connectivity index (χ4v) is 3.73. The minimum Gasteiger partial charge on any atom is -0.407 e. The van der Waals surface area contributed by atoms with Crippen LogP contribution in [0.1, 0.15) is 10.8 Å². The fourth-order valence-electron chi connectivity index (χ4n) is 1.93. The van der Waals surface area contributed by atoms with E-state index >= 15 is 0 Å². The summed E-state index contributed by atoms with van der Waals surface area (Å²) >= 11 is 1.49. The Bertz CT molecular complexity index is 978. The summed E-state index contributed by atoms with van der Waals surface area (Å²) in [6, 6.07) is 11.6. The van der Waals surface area contributed by atoms with Crippen LogP contribution >= 0.6 is 11.3 Å². The van der Waals surface area contributed by atoms with Gasteiger partial charge in [-0.05, 0) is 29.7 Å². The number of carbonyl (C=O) groups is 1. The molecule has 25 heavy (non-hydrogen) atoms. The summed E-state index contributed by atoms with van der Waals surface area (Å²) in [6.45, 7) is 0. The van der Waals surface area contributed by atoms with Gasteiger partial charge in [-0.1, -0.05) is 29.4 Å². The van der Waals surface area contributed by atoms with Crippen LogP contribution < -0.4 is 5.32 Å². The van der Waals surface area contributed by atoms with Crippen LogP contribution in [0.2, 0.25) is 0 Å². The van der Waals surface area contributed by atoms with Crippen molar-refractivity contribution < 1.29 is 17.6 Å². The lowest BCUT2D eigenvalue weighted by Crippen LogP contribution is -2.07. The number of hydrogen-bond donors (Lipinski definition) is 1. The molecule has 0 bridgehead atoms. The molecule has 2 heterocycles. The van der Waals surface area contributed by atoms with Crippen LogP contribution in [0.25, 0.3) is 6.08 Å². The molecule has 0 aliphatic rings. The Balaban J connectivity index is 1.63. The molecule has 2 aromatic heterocycles. The van der Waals surface area contributed by atoms with E-state index in [0.29, 0.717) is 0 Å². The van der Waals surface area contributed by atoms with Crippen molar-refractivity contribution in [2.24, 2.45) is 0 Å². The normalized spacial score (nSPS) is 11.7. The number of thiophene rings is 1. The van der Waals surface area contributed by atoms with E-state index in [1.165, 1.54) is 29.5 Å². The molecular formula is C16H13N3O4S2. The van der Waals surface area contributed by atoms with Gasteiger partial charge in [0.15, 0.2) is 9.84 Å². The number of rotatable bonds is 6. The second kappa shape index (κ2) is 7.41. The first-order valence-corrected chi connectivity index (χ1v) is 9.69. The van der Waals surface area contributed by atoms with E-state index in [1.54, 1.807) is 24.3 Å². The van der Waals surface area contributed by atoms with E-state index in [2.05, 4.69) is 15.5 Å². The lowest BCUT2D eigenvalue weighted by molar-refractivity contribution is -0.112. The highest BCUT2D eigenvalue weighted by molar-refractivity contribution is 7.90. The van der Waals surface area contributed by atoms with Crippen LogP contribution in [0.5, 0.6) is 0 Å². The highest BCUT2D eigenvalue weighted by atomic mass is 32.2. The van der Waals surface area contributed by atoms with Crippen LogP contribution in [-0.2, 0) is 20.4 Å². The Morgan fingerprint density at radius 1 is 1.16 bits per heavy atom. The molecule has 9 heteroatoms. The van der Waals surface area contributed by atoms with Crippen LogP contribution in [0.3, 0.4) is 0 Å². The minimum atomic E-state index is -3.59. The van der Waals surface area contributed by atoms with Crippen LogP contribution in [0.15, 0.2) is 63.2 Å². The average Bonchev–Trinajstić information content (AvgIpc) is 3.25. The molecule has 0 spiro atoms. The Labute approximate surface area is 147 Å². The standard InChI is InChI=1S/C16H13N3O4S2/c20-14(9-8-12-5-4-10-24-12)17-16-19-18-15(23-16)11-25(21,22)13-6-2-1-3-7-13/h1-10H,11H2,(H,17,19,20)/b9-8+. The minimum absolute atomic E-state index is 0.0959. The van der Waals surface area contributed by atoms with E-state index in [0.717, 1.165) is 4.88 Å². The first-order valence-electron chi connectivity index (χ1n) is 7.16. The van der Waals surface area contributed by atoms with Crippen LogP contribution in [0, 0.1) is 0 Å². The summed E-state index contributed by atoms with van der Waals surface area (Å²) in [7, 11) is -3.59. The van der Waals surface area contributed by atoms with Gasteiger partial charge in [-0.15, -0.1) is 16.4 Å². The van der Waals surface area contributed by atoms with Gasteiger partial charge in [0.25, 0.3) is 5.91 Å². The number of hydrogen-bond acceptors (Lipinski definition) is 7. The molecule has 0 saturated carbocycles. The summed E-state index contributed by atoms with van der Waals surface area (Å²) in [6.07, 6.45) is 2.98. The number of carbonyl (C=O) groups excluding carboxylic acids is 1. The summed E-state index contributed by atoms with van der Waals surface area (Å²) in [4.78, 5) is 12.9. The molecule has 1 aromatic carbocycles. The van der Waals surface area contributed by atoms with Crippen molar-refractivity contribution in [1.29, 1.82) is 0 Å². The second-order valence-corrected chi connectivity index (χ2v) is 7.88. The van der Waals surface area contributed by atoms with Crippen molar-refractivity contribution in [3.8, 4) is 0 Å². The topological polar surface area (TPSA) is 102 Å². The molecule has 0 unspecified atom stereocenters. The Hall–Kier alpha value is -2.78. The maximum atomic E-state index is 12.2. The summed E-state index contributed by atoms with van der Waals surface area (Å²) in [5, 5.41) is 11.6. The highest BCUT2D eigenvalue weighted by Crippen LogP contribution is 2.16. The van der Waals surface area contributed by atoms with Gasteiger partial charge >= 0.3 is 6.01 Å². The number of benzene rings is 1. The molecule has 0 atom stereocenters. The van der Waals surface area contributed by atoms with Crippen molar-refractivity contribution in [3.05, 3.63) is 64.7 Å². The predicted molar refractivity (Wildman–Crippen MR) is 93.6 cm³/mol. The number of aromatic nitrogens is 2. The predicted octanol–water partition coefficient (Wildman–Crippen LogP) is 2.76. The maximum absolute atomic E-state index is 12.2. The van der Waals surface area contributed by atoms with Crippen LogP contribution in [0.4, 0.5) is 6.01 Å². The molecule has 0 saturated heterocycles. The number of anilines is 1. The SMILES string of the molecule is O=C(/C=C/c1cccs1)Nc1nnc(CS(=O)(=O)c2ccccc2)o1. The van der Waals surface area contributed by atoms with Gasteiger partial charge in [0.1, 0.15) is 5.75 Å². The Morgan fingerprint density at radius 2 is 1.96 bits per heavy atom. The third-order valence-corrected chi connectivity index (χ3v) is 5.51. The van der Waals surface area contributed by atoms with Gasteiger partial charge in [-0.25, -0.2) is 8.42 Å². The van der Waals surface area contributed by atoms with Crippen molar-refractivity contribution in [1.82, 2.24) is 10.2 Å². The second-order valence-electron chi connectivity index (χ2n) is 4.91. The zero-order valence-corrected chi connectivity index (χ0v) is 14.5. The van der Waals surface area contributed by atoms with Gasteiger partial charge < -0.3 is 4.42 Å². The summed E-state index contributed by atoms with van der Waals surface area (Å²) in [5.74, 6) is -0.985. The maximum Gasteiger partial charge on any atom is 0.322 e. The molecule has 0 fully saturated rings. The van der Waals surface area contributed by atoms with E-state index in [4.69, 9.17) is 4.42 Å². The molecule has 1 N–H and O–H groups in total. The molecule has 3 rings (SSSR count). The monoisotopic (exact) mass is 375 g/mol. The molecule has 0 aliphatic heterocycles. The molecule has 3 aromatic rings. The molecule has 0 aliphatic carbocycles. The summed E-state index contributed by atoms with van der Waals surface area (Å²) < 4.78 is 29.7. The fraction of sp³-hybridized carbons (Fsp3) is 0.0625. The average molecular weight is 375 g/mol.